The third kappa shape index (κ3) is 6.98. The first-order valence-electron chi connectivity index (χ1n) is 12.5. The van der Waals surface area contributed by atoms with E-state index in [2.05, 4.69) is 25.1 Å². The zero-order valence-electron chi connectivity index (χ0n) is 21.6. The number of benzene rings is 1. The number of nitrogens with one attached hydrogen (secondary N) is 1. The lowest BCUT2D eigenvalue weighted by molar-refractivity contribution is -0.141. The Morgan fingerprint density at radius 2 is 1.77 bits per heavy atom. The molecule has 8 nitrogen and oxygen atoms in total. The number of nitrogens with zero attached hydrogens (tertiary/aromatic N) is 4. The standard InChI is InChI=1S/C28H28F3N5O3/c1-18-11-12-19(16-22(18)34-25(37)9-5-3-4-6-10-26(38)39-2)23-17-36-24(33-23)14-13-21(35-36)20-8-7-15-32-27(20)28(29,30)31/h7-8,11-17H,3-6,9-10H2,1-2H3,(H,34,37). The van der Waals surface area contributed by atoms with Crippen molar-refractivity contribution >= 4 is 23.2 Å². The minimum Gasteiger partial charge on any atom is -0.469 e. The molecule has 1 N–H and O–H groups in total. The largest absolute Gasteiger partial charge is 0.469 e. The highest BCUT2D eigenvalue weighted by atomic mass is 19.4. The number of unbranched alkanes of at least 4 members (excludes halogenated alkanes) is 3. The lowest BCUT2D eigenvalue weighted by Crippen LogP contribution is -2.12. The number of fused-ring (bicyclic) bond motifs is 1. The fourth-order valence-electron chi connectivity index (χ4n) is 4.14. The topological polar surface area (TPSA) is 98.5 Å². The smallest absolute Gasteiger partial charge is 0.434 e. The first-order chi connectivity index (χ1) is 18.7. The van der Waals surface area contributed by atoms with Crippen LogP contribution in [0.5, 0.6) is 0 Å². The van der Waals surface area contributed by atoms with E-state index in [-0.39, 0.29) is 23.1 Å². The fraction of sp³-hybridized carbons (Fsp3) is 0.321. The second kappa shape index (κ2) is 12.1. The summed E-state index contributed by atoms with van der Waals surface area (Å²) in [5, 5.41) is 7.29. The molecule has 0 aliphatic rings. The van der Waals surface area contributed by atoms with Crippen molar-refractivity contribution in [2.45, 2.75) is 51.6 Å². The number of aromatic nitrogens is 4. The predicted octanol–water partition coefficient (Wildman–Crippen LogP) is 6.24. The normalized spacial score (nSPS) is 11.5. The third-order valence-corrected chi connectivity index (χ3v) is 6.24. The maximum Gasteiger partial charge on any atom is 0.434 e. The van der Waals surface area contributed by atoms with Gasteiger partial charge in [0.1, 0.15) is 0 Å². The number of ether oxygens (including phenoxy) is 1. The Labute approximate surface area is 223 Å². The number of carbonyl (C=O) groups excluding carboxylic acids is 2. The summed E-state index contributed by atoms with van der Waals surface area (Å²) >= 11 is 0. The van der Waals surface area contributed by atoms with Gasteiger partial charge in [-0.15, -0.1) is 0 Å². The molecule has 0 aliphatic heterocycles. The first-order valence-corrected chi connectivity index (χ1v) is 12.5. The maximum absolute atomic E-state index is 13.4. The van der Waals surface area contributed by atoms with E-state index >= 15 is 0 Å². The maximum atomic E-state index is 13.4. The number of esters is 1. The molecule has 0 bridgehead atoms. The average molecular weight is 540 g/mol. The van der Waals surface area contributed by atoms with Crippen LogP contribution in [0.25, 0.3) is 28.2 Å². The zero-order chi connectivity index (χ0) is 28.0. The molecule has 204 valence electrons. The molecule has 11 heteroatoms. The van der Waals surface area contributed by atoms with Crippen molar-refractivity contribution in [1.29, 1.82) is 0 Å². The quantitative estimate of drug-likeness (QED) is 0.189. The Morgan fingerprint density at radius 1 is 1.00 bits per heavy atom. The molecule has 0 fully saturated rings. The van der Waals surface area contributed by atoms with Gasteiger partial charge in [0, 0.05) is 35.9 Å². The van der Waals surface area contributed by atoms with E-state index in [0.29, 0.717) is 36.3 Å². The number of aryl methyl sites for hydroxylation is 1. The highest BCUT2D eigenvalue weighted by molar-refractivity contribution is 5.92. The summed E-state index contributed by atoms with van der Waals surface area (Å²) in [4.78, 5) is 31.7. The number of imidazole rings is 1. The van der Waals surface area contributed by atoms with Crippen LogP contribution in [0.2, 0.25) is 0 Å². The summed E-state index contributed by atoms with van der Waals surface area (Å²) in [6.07, 6.45) is 1.98. The number of carbonyl (C=O) groups is 2. The van der Waals surface area contributed by atoms with Crippen LogP contribution >= 0.6 is 0 Å². The van der Waals surface area contributed by atoms with Crippen LogP contribution in [0.15, 0.2) is 54.9 Å². The summed E-state index contributed by atoms with van der Waals surface area (Å²) < 4.78 is 46.4. The molecule has 1 aromatic carbocycles. The first kappa shape index (κ1) is 27.7. The Balaban J connectivity index is 1.46. The molecule has 0 spiro atoms. The monoisotopic (exact) mass is 539 g/mol. The number of hydrogen-bond acceptors (Lipinski definition) is 6. The molecule has 3 aromatic heterocycles. The Hall–Kier alpha value is -4.28. The van der Waals surface area contributed by atoms with Crippen LogP contribution in [-0.2, 0) is 20.5 Å². The Morgan fingerprint density at radius 3 is 2.51 bits per heavy atom. The summed E-state index contributed by atoms with van der Waals surface area (Å²) in [6.45, 7) is 1.88. The van der Waals surface area contributed by atoms with Gasteiger partial charge in [0.15, 0.2) is 11.3 Å². The van der Waals surface area contributed by atoms with Gasteiger partial charge in [-0.3, -0.25) is 14.6 Å². The molecule has 0 unspecified atom stereocenters. The molecule has 39 heavy (non-hydrogen) atoms. The predicted molar refractivity (Wildman–Crippen MR) is 140 cm³/mol. The van der Waals surface area contributed by atoms with Crippen LogP contribution in [0.4, 0.5) is 18.9 Å². The van der Waals surface area contributed by atoms with Gasteiger partial charge in [-0.1, -0.05) is 25.0 Å². The van der Waals surface area contributed by atoms with Crippen LogP contribution in [-0.4, -0.2) is 38.6 Å². The lowest BCUT2D eigenvalue weighted by Gasteiger charge is -2.10. The van der Waals surface area contributed by atoms with Gasteiger partial charge in [-0.25, -0.2) is 9.50 Å². The molecule has 1 amide bonds. The third-order valence-electron chi connectivity index (χ3n) is 6.24. The van der Waals surface area contributed by atoms with Crippen LogP contribution in [0.3, 0.4) is 0 Å². The van der Waals surface area contributed by atoms with Crippen LogP contribution < -0.4 is 5.32 Å². The Bertz CT molecular complexity index is 1480. The summed E-state index contributed by atoms with van der Waals surface area (Å²) in [6, 6.07) is 11.4. The molecule has 0 atom stereocenters. The number of methoxy groups -OCH3 is 1. The number of rotatable bonds is 10. The zero-order valence-corrected chi connectivity index (χ0v) is 21.6. The van der Waals surface area contributed by atoms with Gasteiger partial charge in [-0.05, 0) is 55.7 Å². The summed E-state index contributed by atoms with van der Waals surface area (Å²) in [7, 11) is 1.37. The van der Waals surface area contributed by atoms with E-state index in [4.69, 9.17) is 0 Å². The van der Waals surface area contributed by atoms with Crippen molar-refractivity contribution in [1.82, 2.24) is 19.6 Å². The number of pyridine rings is 1. The highest BCUT2D eigenvalue weighted by Gasteiger charge is 2.35. The Kier molecular flexibility index (Phi) is 8.58. The van der Waals surface area contributed by atoms with Gasteiger partial charge >= 0.3 is 12.1 Å². The second-order valence-corrected chi connectivity index (χ2v) is 9.11. The SMILES string of the molecule is COC(=O)CCCCCCC(=O)Nc1cc(-c2cn3nc(-c4cccnc4C(F)(F)F)ccc3n2)ccc1C. The van der Waals surface area contributed by atoms with E-state index in [9.17, 15) is 22.8 Å². The fourth-order valence-corrected chi connectivity index (χ4v) is 4.14. The van der Waals surface area contributed by atoms with Crippen LogP contribution in [0, 0.1) is 6.92 Å². The van der Waals surface area contributed by atoms with E-state index < -0.39 is 11.9 Å². The molecule has 4 aromatic rings. The molecule has 4 rings (SSSR count). The van der Waals surface area contributed by atoms with E-state index in [0.717, 1.165) is 36.6 Å². The van der Waals surface area contributed by atoms with Gasteiger partial charge < -0.3 is 10.1 Å². The van der Waals surface area contributed by atoms with Crippen molar-refractivity contribution in [2.75, 3.05) is 12.4 Å². The van der Waals surface area contributed by atoms with Gasteiger partial charge in [-0.2, -0.15) is 18.3 Å². The summed E-state index contributed by atoms with van der Waals surface area (Å²) in [5.41, 5.74) is 2.28. The minimum atomic E-state index is -4.61. The van der Waals surface area contributed by atoms with Gasteiger partial charge in [0.25, 0.3) is 0 Å². The molecule has 0 radical (unpaired) electrons. The van der Waals surface area contributed by atoms with E-state index in [1.807, 2.05) is 25.1 Å². The van der Waals surface area contributed by atoms with Gasteiger partial charge in [0.05, 0.1) is 24.7 Å². The lowest BCUT2D eigenvalue weighted by atomic mass is 10.1. The molecule has 0 saturated heterocycles. The number of amides is 1. The molecule has 3 heterocycles. The molecular formula is C28H28F3N5O3. The summed E-state index contributed by atoms with van der Waals surface area (Å²) in [5.74, 6) is -0.338. The van der Waals surface area contributed by atoms with E-state index in [1.165, 1.54) is 29.8 Å². The van der Waals surface area contributed by atoms with Crippen molar-refractivity contribution < 1.29 is 27.5 Å². The second-order valence-electron chi connectivity index (χ2n) is 9.11. The van der Waals surface area contributed by atoms with Crippen molar-refractivity contribution in [3.05, 3.63) is 66.1 Å². The average Bonchev–Trinajstić information content (AvgIpc) is 3.34. The van der Waals surface area contributed by atoms with Crippen molar-refractivity contribution in [2.24, 2.45) is 0 Å². The minimum absolute atomic E-state index is 0.110. The number of hydrogen-bond donors (Lipinski definition) is 1. The number of alkyl halides is 3. The van der Waals surface area contributed by atoms with Gasteiger partial charge in [0.2, 0.25) is 5.91 Å². The molecular weight excluding hydrogens is 511 g/mol. The molecule has 0 aliphatic carbocycles. The highest BCUT2D eigenvalue weighted by Crippen LogP contribution is 2.35. The number of anilines is 1. The number of halogens is 3. The van der Waals surface area contributed by atoms with E-state index in [1.54, 1.807) is 12.3 Å². The molecule has 0 saturated carbocycles. The van der Waals surface area contributed by atoms with Crippen molar-refractivity contribution in [3.63, 3.8) is 0 Å². The van der Waals surface area contributed by atoms with Crippen LogP contribution in [0.1, 0.15) is 49.8 Å². The van der Waals surface area contributed by atoms with Crippen molar-refractivity contribution in [3.8, 4) is 22.5 Å².